The Morgan fingerprint density at radius 3 is 2.26 bits per heavy atom. The van der Waals surface area contributed by atoms with Crippen molar-refractivity contribution >= 4 is 21.6 Å². The number of nitrogens with zero attached hydrogens (tertiary/aromatic N) is 4. The summed E-state index contributed by atoms with van der Waals surface area (Å²) in [6, 6.07) is 7.32. The van der Waals surface area contributed by atoms with Gasteiger partial charge in [-0.1, -0.05) is 26.0 Å². The third kappa shape index (κ3) is 6.07. The van der Waals surface area contributed by atoms with E-state index >= 15 is 0 Å². The fraction of sp³-hybridized carbons (Fsp3) is 0.545. The van der Waals surface area contributed by atoms with Gasteiger partial charge in [-0.2, -0.15) is 5.10 Å². The van der Waals surface area contributed by atoms with Crippen LogP contribution in [0.2, 0.25) is 0 Å². The number of nitrogens with one attached hydrogen (secondary N) is 1. The Bertz CT molecular complexity index is 995. The largest absolute Gasteiger partial charge is 0.354 e. The smallest absolute Gasteiger partial charge is 0.268 e. The van der Waals surface area contributed by atoms with Gasteiger partial charge < -0.3 is 10.2 Å². The first kappa shape index (κ1) is 24.9. The summed E-state index contributed by atoms with van der Waals surface area (Å²) in [5.74, 6) is -0.0172. The van der Waals surface area contributed by atoms with E-state index in [2.05, 4.69) is 24.3 Å². The number of carbonyl (C=O) groups excluding carboxylic acids is 1. The lowest BCUT2D eigenvalue weighted by atomic mass is 10.0. The number of benzene rings is 1. The van der Waals surface area contributed by atoms with E-state index in [1.54, 1.807) is 37.7 Å². The van der Waals surface area contributed by atoms with Crippen molar-refractivity contribution in [1.82, 2.24) is 20.0 Å². The zero-order valence-corrected chi connectivity index (χ0v) is 20.5. The van der Waals surface area contributed by atoms with E-state index in [1.807, 2.05) is 31.1 Å². The quantitative estimate of drug-likeness (QED) is 0.563. The average molecular weight is 450 g/mol. The molecule has 0 atom stereocenters. The van der Waals surface area contributed by atoms with Crippen molar-refractivity contribution in [2.45, 2.75) is 44.9 Å². The van der Waals surface area contributed by atoms with E-state index in [1.165, 1.54) is 4.31 Å². The number of sulfonamides is 1. The molecule has 1 N–H and O–H groups in total. The number of amides is 1. The van der Waals surface area contributed by atoms with Gasteiger partial charge in [0.1, 0.15) is 11.4 Å². The van der Waals surface area contributed by atoms with Crippen molar-refractivity contribution in [3.05, 3.63) is 41.2 Å². The minimum Gasteiger partial charge on any atom is -0.354 e. The van der Waals surface area contributed by atoms with Gasteiger partial charge in [0.05, 0.1) is 17.1 Å². The van der Waals surface area contributed by atoms with Gasteiger partial charge in [-0.05, 0) is 64.5 Å². The zero-order chi connectivity index (χ0) is 23.3. The summed E-state index contributed by atoms with van der Waals surface area (Å²) >= 11 is 0. The normalized spacial score (nSPS) is 11.9. The predicted molar refractivity (Wildman–Crippen MR) is 124 cm³/mol. The highest BCUT2D eigenvalue weighted by atomic mass is 32.2. The standard InChI is InChI=1S/C22H35N5O3S/c1-16(2)19-9-11-20(12-10-19)27(15-21(28)23-13-8-14-25(5)6)31(29,30)22-17(3)24-26(7)18(22)4/h9-12,16H,8,13-15H2,1-7H3,(H,23,28). The van der Waals surface area contributed by atoms with Gasteiger partial charge in [-0.25, -0.2) is 8.42 Å². The fourth-order valence-electron chi connectivity index (χ4n) is 3.39. The highest BCUT2D eigenvalue weighted by Gasteiger charge is 2.32. The highest BCUT2D eigenvalue weighted by Crippen LogP contribution is 2.28. The van der Waals surface area contributed by atoms with Crippen molar-refractivity contribution < 1.29 is 13.2 Å². The number of aromatic nitrogens is 2. The van der Waals surface area contributed by atoms with Crippen LogP contribution in [0.1, 0.15) is 43.1 Å². The summed E-state index contributed by atoms with van der Waals surface area (Å²) in [6.07, 6.45) is 0.787. The van der Waals surface area contributed by atoms with Crippen LogP contribution in [0.4, 0.5) is 5.69 Å². The van der Waals surface area contributed by atoms with Gasteiger partial charge in [0.15, 0.2) is 0 Å². The molecule has 9 heteroatoms. The predicted octanol–water partition coefficient (Wildman–Crippen LogP) is 2.42. The summed E-state index contributed by atoms with van der Waals surface area (Å²) in [7, 11) is 1.66. The number of rotatable bonds is 10. The summed E-state index contributed by atoms with van der Waals surface area (Å²) in [5, 5.41) is 7.09. The maximum absolute atomic E-state index is 13.6. The van der Waals surface area contributed by atoms with Gasteiger partial charge in [-0.3, -0.25) is 13.8 Å². The molecule has 0 saturated heterocycles. The Hall–Kier alpha value is -2.39. The van der Waals surface area contributed by atoms with E-state index < -0.39 is 10.0 Å². The second-order valence-electron chi connectivity index (χ2n) is 8.39. The van der Waals surface area contributed by atoms with Gasteiger partial charge >= 0.3 is 0 Å². The first-order valence-electron chi connectivity index (χ1n) is 10.5. The van der Waals surface area contributed by atoms with Gasteiger partial charge in [-0.15, -0.1) is 0 Å². The third-order valence-corrected chi connectivity index (χ3v) is 7.26. The summed E-state index contributed by atoms with van der Waals surface area (Å²) in [6.45, 7) is 8.57. The molecular formula is C22H35N5O3S. The van der Waals surface area contributed by atoms with Crippen molar-refractivity contribution in [3.8, 4) is 0 Å². The van der Waals surface area contributed by atoms with Crippen LogP contribution in [0.25, 0.3) is 0 Å². The molecule has 0 spiro atoms. The molecule has 2 aromatic rings. The summed E-state index contributed by atoms with van der Waals surface area (Å²) < 4.78 is 30.0. The molecule has 1 aromatic carbocycles. The molecule has 0 saturated carbocycles. The molecule has 1 amide bonds. The molecule has 0 aliphatic rings. The minimum absolute atomic E-state index is 0.142. The number of hydrogen-bond acceptors (Lipinski definition) is 5. The molecule has 2 rings (SSSR count). The van der Waals surface area contributed by atoms with Gasteiger partial charge in [0, 0.05) is 13.6 Å². The maximum atomic E-state index is 13.6. The average Bonchev–Trinajstić information content (AvgIpc) is 2.95. The van der Waals surface area contributed by atoms with E-state index in [-0.39, 0.29) is 17.3 Å². The van der Waals surface area contributed by atoms with E-state index in [4.69, 9.17) is 0 Å². The molecule has 8 nitrogen and oxygen atoms in total. The lowest BCUT2D eigenvalue weighted by molar-refractivity contribution is -0.119. The Morgan fingerprint density at radius 1 is 1.16 bits per heavy atom. The SMILES string of the molecule is Cc1nn(C)c(C)c1S(=O)(=O)N(CC(=O)NCCCN(C)C)c1ccc(C(C)C)cc1. The Morgan fingerprint density at radius 2 is 1.77 bits per heavy atom. The Balaban J connectivity index is 2.37. The second kappa shape index (κ2) is 10.3. The molecule has 0 aliphatic carbocycles. The van der Waals surface area contributed by atoms with Crippen LogP contribution < -0.4 is 9.62 Å². The topological polar surface area (TPSA) is 87.5 Å². The molecule has 0 bridgehead atoms. The number of anilines is 1. The maximum Gasteiger partial charge on any atom is 0.268 e. The molecule has 0 radical (unpaired) electrons. The Labute approximate surface area is 186 Å². The summed E-state index contributed by atoms with van der Waals surface area (Å²) in [4.78, 5) is 14.8. The van der Waals surface area contributed by atoms with Crippen LogP contribution in [-0.4, -0.2) is 62.7 Å². The van der Waals surface area contributed by atoms with Crippen LogP contribution >= 0.6 is 0 Å². The first-order chi connectivity index (χ1) is 14.4. The van der Waals surface area contributed by atoms with Crippen molar-refractivity contribution in [2.75, 3.05) is 38.0 Å². The van der Waals surface area contributed by atoms with Gasteiger partial charge in [0.2, 0.25) is 5.91 Å². The second-order valence-corrected chi connectivity index (χ2v) is 10.2. The highest BCUT2D eigenvalue weighted by molar-refractivity contribution is 7.93. The molecule has 31 heavy (non-hydrogen) atoms. The first-order valence-corrected chi connectivity index (χ1v) is 11.9. The zero-order valence-electron chi connectivity index (χ0n) is 19.6. The number of carbonyl (C=O) groups is 1. The monoisotopic (exact) mass is 449 g/mol. The Kier molecular flexibility index (Phi) is 8.25. The third-order valence-electron chi connectivity index (χ3n) is 5.23. The van der Waals surface area contributed by atoms with Gasteiger partial charge in [0.25, 0.3) is 10.0 Å². The minimum atomic E-state index is -3.99. The molecule has 1 heterocycles. The van der Waals surface area contributed by atoms with E-state index in [0.29, 0.717) is 29.5 Å². The van der Waals surface area contributed by atoms with Crippen LogP contribution in [0, 0.1) is 13.8 Å². The molecule has 0 fully saturated rings. The molecule has 172 valence electrons. The van der Waals surface area contributed by atoms with Crippen LogP contribution in [-0.2, 0) is 21.9 Å². The fourth-order valence-corrected chi connectivity index (χ4v) is 5.21. The van der Waals surface area contributed by atoms with Crippen molar-refractivity contribution in [3.63, 3.8) is 0 Å². The lowest BCUT2D eigenvalue weighted by Crippen LogP contribution is -2.41. The van der Waals surface area contributed by atoms with Crippen molar-refractivity contribution in [2.24, 2.45) is 7.05 Å². The molecule has 0 unspecified atom stereocenters. The molecular weight excluding hydrogens is 414 g/mol. The summed E-state index contributed by atoms with van der Waals surface area (Å²) in [5.41, 5.74) is 2.50. The lowest BCUT2D eigenvalue weighted by Gasteiger charge is -2.25. The van der Waals surface area contributed by atoms with Crippen molar-refractivity contribution in [1.29, 1.82) is 0 Å². The van der Waals surface area contributed by atoms with E-state index in [9.17, 15) is 13.2 Å². The van der Waals surface area contributed by atoms with Crippen LogP contribution in [0.3, 0.4) is 0 Å². The molecule has 1 aromatic heterocycles. The van der Waals surface area contributed by atoms with Crippen LogP contribution in [0.5, 0.6) is 0 Å². The van der Waals surface area contributed by atoms with Crippen LogP contribution in [0.15, 0.2) is 29.2 Å². The number of hydrogen-bond donors (Lipinski definition) is 1. The van der Waals surface area contributed by atoms with E-state index in [0.717, 1.165) is 18.5 Å². The molecule has 0 aliphatic heterocycles. The number of aryl methyl sites for hydroxylation is 2.